The van der Waals surface area contributed by atoms with Crippen molar-refractivity contribution in [2.45, 2.75) is 51.0 Å². The second-order valence-electron chi connectivity index (χ2n) is 7.98. The first-order chi connectivity index (χ1) is 13.1. The summed E-state index contributed by atoms with van der Waals surface area (Å²) in [5.74, 6) is 0.320. The topological polar surface area (TPSA) is 78.5 Å². The summed E-state index contributed by atoms with van der Waals surface area (Å²) in [5.41, 5.74) is 1.73. The smallest absolute Gasteiger partial charge is 0.226 e. The van der Waals surface area contributed by atoms with E-state index in [0.29, 0.717) is 25.9 Å². The molecule has 1 aromatic carbocycles. The van der Waals surface area contributed by atoms with Gasteiger partial charge < -0.3 is 15.5 Å². The predicted octanol–water partition coefficient (Wildman–Crippen LogP) is 2.61. The van der Waals surface area contributed by atoms with Crippen LogP contribution in [0.25, 0.3) is 0 Å². The highest BCUT2D eigenvalue weighted by Crippen LogP contribution is 2.31. The minimum atomic E-state index is -0.277. The molecule has 6 nitrogen and oxygen atoms in total. The minimum absolute atomic E-state index is 0.00234. The summed E-state index contributed by atoms with van der Waals surface area (Å²) in [6, 6.07) is 7.32. The maximum atomic E-state index is 12.8. The summed E-state index contributed by atoms with van der Waals surface area (Å²) in [4.78, 5) is 39.2. The number of amides is 3. The molecule has 1 saturated heterocycles. The van der Waals surface area contributed by atoms with Crippen molar-refractivity contribution in [1.82, 2.24) is 10.2 Å². The van der Waals surface area contributed by atoms with Crippen LogP contribution in [-0.2, 0) is 14.4 Å². The molecule has 1 atom stereocenters. The fourth-order valence-electron chi connectivity index (χ4n) is 4.62. The molecule has 1 aromatic rings. The highest BCUT2D eigenvalue weighted by atomic mass is 16.2. The summed E-state index contributed by atoms with van der Waals surface area (Å²) in [7, 11) is 0. The molecule has 3 aliphatic rings. The van der Waals surface area contributed by atoms with Crippen LogP contribution in [0.2, 0.25) is 0 Å². The second-order valence-corrected chi connectivity index (χ2v) is 7.98. The third-order valence-electron chi connectivity index (χ3n) is 6.20. The molecule has 1 saturated carbocycles. The van der Waals surface area contributed by atoms with E-state index in [1.807, 2.05) is 29.2 Å². The number of likely N-dealkylation sites (tertiary alicyclic amines) is 1. The van der Waals surface area contributed by atoms with Crippen molar-refractivity contribution in [2.24, 2.45) is 11.8 Å². The molecule has 4 rings (SSSR count). The van der Waals surface area contributed by atoms with Gasteiger partial charge in [-0.25, -0.2) is 0 Å². The van der Waals surface area contributed by atoms with Crippen LogP contribution in [-0.4, -0.2) is 35.7 Å². The van der Waals surface area contributed by atoms with Crippen LogP contribution in [0, 0.1) is 11.8 Å². The standard InChI is InChI=1S/C21H27N3O3/c25-19-13-18(16-7-3-4-8-17(16)22-19)23-20(26)14-9-11-24(12-10-14)21(27)15-5-1-2-6-15/h3-4,7-8,14-15,18H,1-2,5-6,9-13H2,(H,22,25)(H,23,26). The number of para-hydroxylation sites is 1. The molecule has 1 aliphatic carbocycles. The molecule has 2 N–H and O–H groups in total. The molecule has 0 spiro atoms. The lowest BCUT2D eigenvalue weighted by Crippen LogP contribution is -2.45. The fourth-order valence-corrected chi connectivity index (χ4v) is 4.62. The fraction of sp³-hybridized carbons (Fsp3) is 0.571. The van der Waals surface area contributed by atoms with E-state index in [9.17, 15) is 14.4 Å². The number of fused-ring (bicyclic) bond motifs is 1. The number of carbonyl (C=O) groups is 3. The largest absolute Gasteiger partial charge is 0.348 e. The number of rotatable bonds is 3. The average Bonchev–Trinajstić information content (AvgIpc) is 3.22. The van der Waals surface area contributed by atoms with Crippen LogP contribution in [0.5, 0.6) is 0 Å². The van der Waals surface area contributed by atoms with Crippen molar-refractivity contribution in [3.8, 4) is 0 Å². The molecular weight excluding hydrogens is 342 g/mol. The van der Waals surface area contributed by atoms with E-state index in [2.05, 4.69) is 10.6 Å². The molecule has 1 unspecified atom stereocenters. The van der Waals surface area contributed by atoms with E-state index in [-0.39, 0.29) is 42.0 Å². The van der Waals surface area contributed by atoms with Gasteiger partial charge in [-0.2, -0.15) is 0 Å². The zero-order chi connectivity index (χ0) is 18.8. The number of carbonyl (C=O) groups excluding carboxylic acids is 3. The Labute approximate surface area is 159 Å². The van der Waals surface area contributed by atoms with E-state index >= 15 is 0 Å². The summed E-state index contributed by atoms with van der Waals surface area (Å²) >= 11 is 0. The van der Waals surface area contributed by atoms with E-state index < -0.39 is 0 Å². The van der Waals surface area contributed by atoms with Gasteiger partial charge in [0.05, 0.1) is 12.5 Å². The van der Waals surface area contributed by atoms with Gasteiger partial charge in [-0.1, -0.05) is 31.0 Å². The van der Waals surface area contributed by atoms with Crippen molar-refractivity contribution in [2.75, 3.05) is 18.4 Å². The van der Waals surface area contributed by atoms with Gasteiger partial charge >= 0.3 is 0 Å². The average molecular weight is 369 g/mol. The highest BCUT2D eigenvalue weighted by Gasteiger charge is 2.33. The zero-order valence-electron chi connectivity index (χ0n) is 15.6. The van der Waals surface area contributed by atoms with Crippen LogP contribution < -0.4 is 10.6 Å². The Kier molecular flexibility index (Phi) is 5.14. The van der Waals surface area contributed by atoms with Gasteiger partial charge in [0.1, 0.15) is 0 Å². The van der Waals surface area contributed by atoms with E-state index in [0.717, 1.165) is 36.9 Å². The molecule has 2 heterocycles. The molecule has 3 amide bonds. The third kappa shape index (κ3) is 3.84. The Bertz CT molecular complexity index is 734. The van der Waals surface area contributed by atoms with E-state index in [1.54, 1.807) is 0 Å². The Hall–Kier alpha value is -2.37. The zero-order valence-corrected chi connectivity index (χ0v) is 15.6. The van der Waals surface area contributed by atoms with Crippen LogP contribution >= 0.6 is 0 Å². The second kappa shape index (κ2) is 7.71. The Morgan fingerprint density at radius 3 is 2.44 bits per heavy atom. The molecule has 6 heteroatoms. The van der Waals surface area contributed by atoms with E-state index in [4.69, 9.17) is 0 Å². The molecule has 0 bridgehead atoms. The number of nitrogens with one attached hydrogen (secondary N) is 2. The number of hydrogen-bond donors (Lipinski definition) is 2. The van der Waals surface area contributed by atoms with Gasteiger partial charge in [0.15, 0.2) is 0 Å². The maximum Gasteiger partial charge on any atom is 0.226 e. The van der Waals surface area contributed by atoms with E-state index in [1.165, 1.54) is 0 Å². The normalized spacial score (nSPS) is 23.6. The van der Waals surface area contributed by atoms with Crippen molar-refractivity contribution in [3.05, 3.63) is 29.8 Å². The molecule has 2 aliphatic heterocycles. The number of nitrogens with zero attached hydrogens (tertiary/aromatic N) is 1. The Morgan fingerprint density at radius 2 is 1.70 bits per heavy atom. The monoisotopic (exact) mass is 369 g/mol. The molecule has 27 heavy (non-hydrogen) atoms. The van der Waals surface area contributed by atoms with Crippen molar-refractivity contribution < 1.29 is 14.4 Å². The molecule has 2 fully saturated rings. The first-order valence-electron chi connectivity index (χ1n) is 10.1. The molecule has 0 aromatic heterocycles. The Balaban J connectivity index is 1.33. The first-order valence-corrected chi connectivity index (χ1v) is 10.1. The highest BCUT2D eigenvalue weighted by molar-refractivity contribution is 5.95. The quantitative estimate of drug-likeness (QED) is 0.860. The first kappa shape index (κ1) is 18.0. The van der Waals surface area contributed by atoms with Gasteiger partial charge in [0.25, 0.3) is 0 Å². The van der Waals surface area contributed by atoms with Gasteiger partial charge in [-0.05, 0) is 37.3 Å². The summed E-state index contributed by atoms with van der Waals surface area (Å²) in [5, 5.41) is 5.92. The lowest BCUT2D eigenvalue weighted by Gasteiger charge is -2.34. The lowest BCUT2D eigenvalue weighted by atomic mass is 9.92. The molecular formula is C21H27N3O3. The number of hydrogen-bond acceptors (Lipinski definition) is 3. The van der Waals surface area contributed by atoms with Gasteiger partial charge in [0.2, 0.25) is 17.7 Å². The van der Waals surface area contributed by atoms with Crippen molar-refractivity contribution >= 4 is 23.4 Å². The third-order valence-corrected chi connectivity index (χ3v) is 6.20. The van der Waals surface area contributed by atoms with Crippen molar-refractivity contribution in [3.63, 3.8) is 0 Å². The van der Waals surface area contributed by atoms with Gasteiger partial charge in [-0.15, -0.1) is 0 Å². The Morgan fingerprint density at radius 1 is 1.00 bits per heavy atom. The summed E-state index contributed by atoms with van der Waals surface area (Å²) < 4.78 is 0. The maximum absolute atomic E-state index is 12.8. The molecule has 0 radical (unpaired) electrons. The number of anilines is 1. The van der Waals surface area contributed by atoms with Crippen LogP contribution in [0.3, 0.4) is 0 Å². The molecule has 144 valence electrons. The summed E-state index contributed by atoms with van der Waals surface area (Å²) in [6.07, 6.45) is 6.01. The van der Waals surface area contributed by atoms with Gasteiger partial charge in [0, 0.05) is 30.6 Å². The predicted molar refractivity (Wildman–Crippen MR) is 102 cm³/mol. The van der Waals surface area contributed by atoms with Crippen LogP contribution in [0.15, 0.2) is 24.3 Å². The van der Waals surface area contributed by atoms with Crippen molar-refractivity contribution in [1.29, 1.82) is 0 Å². The number of benzene rings is 1. The minimum Gasteiger partial charge on any atom is -0.348 e. The SMILES string of the molecule is O=C1CC(NC(=O)C2CCN(C(=O)C3CCCC3)CC2)c2ccccc2N1. The summed E-state index contributed by atoms with van der Waals surface area (Å²) in [6.45, 7) is 1.32. The van der Waals surface area contributed by atoms with Gasteiger partial charge in [-0.3, -0.25) is 14.4 Å². The van der Waals surface area contributed by atoms with Crippen LogP contribution in [0.1, 0.15) is 56.6 Å². The van der Waals surface area contributed by atoms with Crippen LogP contribution in [0.4, 0.5) is 5.69 Å². The number of piperidine rings is 1. The lowest BCUT2D eigenvalue weighted by molar-refractivity contribution is -0.139.